The minimum absolute atomic E-state index is 0.457. The van der Waals surface area contributed by atoms with Crippen LogP contribution < -0.4 is 5.32 Å². The quantitative estimate of drug-likeness (QED) is 0.772. The topological polar surface area (TPSA) is 29.9 Å². The number of rotatable bonds is 8. The zero-order valence-corrected chi connectivity index (χ0v) is 13.6. The van der Waals surface area contributed by atoms with E-state index in [4.69, 9.17) is 0 Å². The van der Waals surface area contributed by atoms with Crippen LogP contribution in [0.2, 0.25) is 0 Å². The van der Waals surface area contributed by atoms with Gasteiger partial charge in [0.05, 0.1) is 5.69 Å². The largest absolute Gasteiger partial charge is 0.310 e. The van der Waals surface area contributed by atoms with Gasteiger partial charge in [-0.15, -0.1) is 0 Å². The lowest BCUT2D eigenvalue weighted by Crippen LogP contribution is -2.25. The Labute approximate surface area is 118 Å². The molecular formula is C16H31N3. The van der Waals surface area contributed by atoms with Crippen molar-refractivity contribution in [3.63, 3.8) is 0 Å². The molecule has 1 rings (SSSR count). The maximum Gasteiger partial charge on any atom is 0.0644 e. The summed E-state index contributed by atoms with van der Waals surface area (Å²) >= 11 is 0. The van der Waals surface area contributed by atoms with E-state index in [0.717, 1.165) is 12.5 Å². The van der Waals surface area contributed by atoms with Crippen LogP contribution in [0.25, 0.3) is 0 Å². The van der Waals surface area contributed by atoms with Crippen LogP contribution in [-0.2, 0) is 7.05 Å². The zero-order chi connectivity index (χ0) is 14.4. The first-order chi connectivity index (χ1) is 9.04. The van der Waals surface area contributed by atoms with E-state index in [1.165, 1.54) is 42.6 Å². The van der Waals surface area contributed by atoms with Gasteiger partial charge < -0.3 is 5.32 Å². The fraction of sp³-hybridized carbons (Fsp3) is 0.812. The molecule has 1 heterocycles. The maximum atomic E-state index is 4.58. The summed E-state index contributed by atoms with van der Waals surface area (Å²) in [4.78, 5) is 0. The van der Waals surface area contributed by atoms with E-state index in [9.17, 15) is 0 Å². The summed E-state index contributed by atoms with van der Waals surface area (Å²) in [5.74, 6) is 0.799. The first-order valence-corrected chi connectivity index (χ1v) is 7.78. The summed E-state index contributed by atoms with van der Waals surface area (Å²) < 4.78 is 2.01. The second kappa shape index (κ2) is 7.68. The van der Waals surface area contributed by atoms with Gasteiger partial charge in [0.15, 0.2) is 0 Å². The Kier molecular flexibility index (Phi) is 6.56. The third-order valence-corrected chi connectivity index (χ3v) is 4.28. The molecule has 3 heteroatoms. The molecule has 0 amide bonds. The minimum atomic E-state index is 0.457. The van der Waals surface area contributed by atoms with Crippen molar-refractivity contribution in [2.75, 3.05) is 6.54 Å². The van der Waals surface area contributed by atoms with Gasteiger partial charge in [-0.3, -0.25) is 4.68 Å². The molecule has 0 saturated heterocycles. The van der Waals surface area contributed by atoms with Crippen LogP contribution in [0.15, 0.2) is 0 Å². The Balaban J connectivity index is 2.95. The van der Waals surface area contributed by atoms with Crippen LogP contribution in [0.4, 0.5) is 0 Å². The second-order valence-corrected chi connectivity index (χ2v) is 5.63. The van der Waals surface area contributed by atoms with E-state index in [1.54, 1.807) is 0 Å². The molecule has 0 bridgehead atoms. The molecule has 19 heavy (non-hydrogen) atoms. The average molecular weight is 265 g/mol. The third kappa shape index (κ3) is 4.07. The van der Waals surface area contributed by atoms with E-state index in [-0.39, 0.29) is 0 Å². The minimum Gasteiger partial charge on any atom is -0.310 e. The Bertz CT molecular complexity index is 378. The molecule has 0 spiro atoms. The van der Waals surface area contributed by atoms with Crippen LogP contribution in [-0.4, -0.2) is 16.3 Å². The van der Waals surface area contributed by atoms with Crippen molar-refractivity contribution < 1.29 is 0 Å². The lowest BCUT2D eigenvalue weighted by molar-refractivity contribution is 0.369. The highest BCUT2D eigenvalue weighted by Gasteiger charge is 2.22. The molecule has 0 fully saturated rings. The SMILES string of the molecule is CCCNC(CC(CC)CC)c1c(C)nn(C)c1C. The van der Waals surface area contributed by atoms with Crippen molar-refractivity contribution in [1.82, 2.24) is 15.1 Å². The predicted molar refractivity (Wildman–Crippen MR) is 82.4 cm³/mol. The van der Waals surface area contributed by atoms with Gasteiger partial charge in [0.1, 0.15) is 0 Å². The summed E-state index contributed by atoms with van der Waals surface area (Å²) in [7, 11) is 2.04. The Morgan fingerprint density at radius 2 is 1.79 bits per heavy atom. The fourth-order valence-corrected chi connectivity index (χ4v) is 2.87. The molecule has 0 aliphatic heterocycles. The standard InChI is InChI=1S/C16H31N3/c1-7-10-17-15(11-14(8-2)9-3)16-12(4)18-19(6)13(16)5/h14-15,17H,7-11H2,1-6H3. The molecule has 1 aromatic rings. The van der Waals surface area contributed by atoms with Crippen molar-refractivity contribution in [3.05, 3.63) is 17.0 Å². The third-order valence-electron chi connectivity index (χ3n) is 4.28. The van der Waals surface area contributed by atoms with E-state index in [0.29, 0.717) is 6.04 Å². The molecule has 0 radical (unpaired) electrons. The van der Waals surface area contributed by atoms with Gasteiger partial charge in [-0.05, 0) is 39.2 Å². The summed E-state index contributed by atoms with van der Waals surface area (Å²) in [5.41, 5.74) is 3.90. The van der Waals surface area contributed by atoms with Gasteiger partial charge in [0, 0.05) is 24.3 Å². The molecule has 0 saturated carbocycles. The normalized spacial score (nSPS) is 13.2. The molecule has 0 aliphatic carbocycles. The predicted octanol–water partition coefficient (Wildman–Crippen LogP) is 3.90. The van der Waals surface area contributed by atoms with E-state index >= 15 is 0 Å². The lowest BCUT2D eigenvalue weighted by atomic mass is 9.90. The molecule has 1 N–H and O–H groups in total. The van der Waals surface area contributed by atoms with Crippen LogP contribution >= 0.6 is 0 Å². The Morgan fingerprint density at radius 1 is 1.16 bits per heavy atom. The number of aromatic nitrogens is 2. The van der Waals surface area contributed by atoms with Gasteiger partial charge in [-0.2, -0.15) is 5.10 Å². The number of hydrogen-bond donors (Lipinski definition) is 1. The van der Waals surface area contributed by atoms with Crippen molar-refractivity contribution in [2.45, 2.75) is 66.3 Å². The lowest BCUT2D eigenvalue weighted by Gasteiger charge is -2.24. The monoisotopic (exact) mass is 265 g/mol. The van der Waals surface area contributed by atoms with Gasteiger partial charge in [-0.1, -0.05) is 33.6 Å². The zero-order valence-electron chi connectivity index (χ0n) is 13.6. The highest BCUT2D eigenvalue weighted by atomic mass is 15.3. The molecule has 1 atom stereocenters. The summed E-state index contributed by atoms with van der Waals surface area (Å²) in [6, 6.07) is 0.457. The first-order valence-electron chi connectivity index (χ1n) is 7.78. The molecule has 0 aromatic carbocycles. The van der Waals surface area contributed by atoms with Crippen molar-refractivity contribution in [3.8, 4) is 0 Å². The first kappa shape index (κ1) is 16.2. The number of aryl methyl sites for hydroxylation is 2. The number of nitrogens with zero attached hydrogens (tertiary/aromatic N) is 2. The molecule has 0 aliphatic rings. The van der Waals surface area contributed by atoms with E-state index in [1.807, 2.05) is 11.7 Å². The highest BCUT2D eigenvalue weighted by molar-refractivity contribution is 5.28. The molecule has 110 valence electrons. The molecule has 1 aromatic heterocycles. The number of nitrogens with one attached hydrogen (secondary N) is 1. The van der Waals surface area contributed by atoms with Gasteiger partial charge >= 0.3 is 0 Å². The molecule has 3 nitrogen and oxygen atoms in total. The van der Waals surface area contributed by atoms with E-state index < -0.39 is 0 Å². The maximum absolute atomic E-state index is 4.58. The smallest absolute Gasteiger partial charge is 0.0644 e. The van der Waals surface area contributed by atoms with Crippen LogP contribution in [0.1, 0.15) is 69.4 Å². The van der Waals surface area contributed by atoms with Crippen LogP contribution in [0, 0.1) is 19.8 Å². The number of hydrogen-bond acceptors (Lipinski definition) is 2. The average Bonchev–Trinajstić information content (AvgIpc) is 2.65. The van der Waals surface area contributed by atoms with Crippen molar-refractivity contribution >= 4 is 0 Å². The van der Waals surface area contributed by atoms with Gasteiger partial charge in [0.2, 0.25) is 0 Å². The highest BCUT2D eigenvalue weighted by Crippen LogP contribution is 2.29. The molecular weight excluding hydrogens is 234 g/mol. The fourth-order valence-electron chi connectivity index (χ4n) is 2.87. The summed E-state index contributed by atoms with van der Waals surface area (Å²) in [6.45, 7) is 12.2. The van der Waals surface area contributed by atoms with E-state index in [2.05, 4.69) is 45.0 Å². The van der Waals surface area contributed by atoms with Gasteiger partial charge in [0.25, 0.3) is 0 Å². The van der Waals surface area contributed by atoms with Crippen LogP contribution in [0.3, 0.4) is 0 Å². The summed E-state index contributed by atoms with van der Waals surface area (Å²) in [6.07, 6.45) is 4.93. The van der Waals surface area contributed by atoms with Crippen molar-refractivity contribution in [2.24, 2.45) is 13.0 Å². The van der Waals surface area contributed by atoms with Crippen molar-refractivity contribution in [1.29, 1.82) is 0 Å². The second-order valence-electron chi connectivity index (χ2n) is 5.63. The van der Waals surface area contributed by atoms with Gasteiger partial charge in [-0.25, -0.2) is 0 Å². The Hall–Kier alpha value is -0.830. The Morgan fingerprint density at radius 3 is 2.21 bits per heavy atom. The summed E-state index contributed by atoms with van der Waals surface area (Å²) in [5, 5.41) is 8.30. The molecule has 1 unspecified atom stereocenters. The van der Waals surface area contributed by atoms with Crippen LogP contribution in [0.5, 0.6) is 0 Å².